The summed E-state index contributed by atoms with van der Waals surface area (Å²) in [4.78, 5) is 39.9. The first-order valence-corrected chi connectivity index (χ1v) is 13.1. The van der Waals surface area contributed by atoms with Crippen LogP contribution in [0, 0.1) is 0 Å². The second-order valence-electron chi connectivity index (χ2n) is 9.04. The van der Waals surface area contributed by atoms with Crippen LogP contribution < -0.4 is 15.6 Å². The highest BCUT2D eigenvalue weighted by molar-refractivity contribution is 7.22. The molecule has 10 heteroatoms. The van der Waals surface area contributed by atoms with Gasteiger partial charge in [0.15, 0.2) is 10.6 Å². The molecule has 1 saturated heterocycles. The van der Waals surface area contributed by atoms with Gasteiger partial charge in [-0.3, -0.25) is 4.79 Å². The number of carboxylic acid groups (broad SMARTS) is 1. The predicted octanol–water partition coefficient (Wildman–Crippen LogP) is 4.81. The fraction of sp³-hybridized carbons (Fsp3) is 0.179. The van der Waals surface area contributed by atoms with Gasteiger partial charge in [-0.1, -0.05) is 23.5 Å². The number of hydrogen-bond acceptors (Lipinski definition) is 8. The molecule has 0 aliphatic carbocycles. The van der Waals surface area contributed by atoms with E-state index in [4.69, 9.17) is 0 Å². The van der Waals surface area contributed by atoms with Crippen molar-refractivity contribution in [3.8, 4) is 16.9 Å². The standard InChI is InChI=1S/C28H24N6O3S/c35-24-15-23(18-4-6-19(7-5-18)33-12-1-2-13-33)34(17-21(24)27(36)37)20-8-9-22-25(14-20)38-28(32-22)31-16-26-29-10-3-11-30-26/h3-11,14-15,17H,1-2,12-13,16H2,(H,31,32)(H,36,37). The molecule has 4 heterocycles. The van der Waals surface area contributed by atoms with Gasteiger partial charge in [-0.15, -0.1) is 0 Å². The summed E-state index contributed by atoms with van der Waals surface area (Å²) < 4.78 is 2.68. The van der Waals surface area contributed by atoms with Gasteiger partial charge in [0.2, 0.25) is 0 Å². The second-order valence-corrected chi connectivity index (χ2v) is 10.1. The zero-order valence-corrected chi connectivity index (χ0v) is 21.2. The van der Waals surface area contributed by atoms with Gasteiger partial charge in [0, 0.05) is 49.1 Å². The number of carbonyl (C=O) groups is 1. The molecule has 38 heavy (non-hydrogen) atoms. The van der Waals surface area contributed by atoms with Crippen LogP contribution in [0.5, 0.6) is 0 Å². The summed E-state index contributed by atoms with van der Waals surface area (Å²) >= 11 is 1.48. The Hall–Kier alpha value is -4.57. The number of rotatable bonds is 7. The first-order chi connectivity index (χ1) is 18.5. The molecule has 9 nitrogen and oxygen atoms in total. The number of anilines is 2. The molecule has 2 aromatic carbocycles. The van der Waals surface area contributed by atoms with E-state index in [1.165, 1.54) is 36.4 Å². The minimum atomic E-state index is -1.26. The maximum absolute atomic E-state index is 12.7. The lowest BCUT2D eigenvalue weighted by atomic mass is 10.1. The molecule has 5 aromatic rings. The van der Waals surface area contributed by atoms with Gasteiger partial charge in [0.05, 0.1) is 22.5 Å². The van der Waals surface area contributed by atoms with E-state index in [0.29, 0.717) is 18.1 Å². The molecule has 1 fully saturated rings. The highest BCUT2D eigenvalue weighted by Crippen LogP contribution is 2.31. The van der Waals surface area contributed by atoms with Crippen LogP contribution in [-0.2, 0) is 6.54 Å². The van der Waals surface area contributed by atoms with E-state index in [1.807, 2.05) is 30.3 Å². The largest absolute Gasteiger partial charge is 0.477 e. The van der Waals surface area contributed by atoms with Crippen LogP contribution in [0.1, 0.15) is 29.0 Å². The van der Waals surface area contributed by atoms with E-state index < -0.39 is 11.4 Å². The van der Waals surface area contributed by atoms with E-state index in [2.05, 4.69) is 37.3 Å². The van der Waals surface area contributed by atoms with Gasteiger partial charge in [-0.2, -0.15) is 0 Å². The Labute approximate surface area is 222 Å². The summed E-state index contributed by atoms with van der Waals surface area (Å²) in [7, 11) is 0. The summed E-state index contributed by atoms with van der Waals surface area (Å²) in [5.41, 5.74) is 3.34. The number of carboxylic acids is 1. The Balaban J connectivity index is 1.37. The third-order valence-corrected chi connectivity index (χ3v) is 7.56. The summed E-state index contributed by atoms with van der Waals surface area (Å²) in [5, 5.41) is 13.6. The molecule has 0 atom stereocenters. The number of fused-ring (bicyclic) bond motifs is 1. The third-order valence-electron chi connectivity index (χ3n) is 6.58. The van der Waals surface area contributed by atoms with Crippen molar-refractivity contribution in [2.75, 3.05) is 23.3 Å². The highest BCUT2D eigenvalue weighted by atomic mass is 32.1. The summed E-state index contributed by atoms with van der Waals surface area (Å²) in [6.45, 7) is 2.54. The van der Waals surface area contributed by atoms with E-state index in [0.717, 1.165) is 45.4 Å². The van der Waals surface area contributed by atoms with Crippen molar-refractivity contribution in [2.24, 2.45) is 0 Å². The molecule has 0 saturated carbocycles. The van der Waals surface area contributed by atoms with E-state index in [9.17, 15) is 14.7 Å². The van der Waals surface area contributed by atoms with Crippen LogP contribution in [0.25, 0.3) is 27.2 Å². The maximum atomic E-state index is 12.7. The average Bonchev–Trinajstić information content (AvgIpc) is 3.62. The van der Waals surface area contributed by atoms with Crippen LogP contribution in [0.2, 0.25) is 0 Å². The van der Waals surface area contributed by atoms with E-state index in [-0.39, 0.29) is 5.56 Å². The summed E-state index contributed by atoms with van der Waals surface area (Å²) in [6, 6.07) is 17.0. The minimum Gasteiger partial charge on any atom is -0.477 e. The fourth-order valence-electron chi connectivity index (χ4n) is 4.66. The molecule has 0 radical (unpaired) electrons. The number of pyridine rings is 1. The lowest BCUT2D eigenvalue weighted by Crippen LogP contribution is -2.18. The number of thiazole rings is 1. The molecular weight excluding hydrogens is 500 g/mol. The number of nitrogens with one attached hydrogen (secondary N) is 1. The second kappa shape index (κ2) is 10.1. The van der Waals surface area contributed by atoms with Crippen LogP contribution >= 0.6 is 11.3 Å². The maximum Gasteiger partial charge on any atom is 0.341 e. The van der Waals surface area contributed by atoms with Crippen molar-refractivity contribution in [1.82, 2.24) is 19.5 Å². The van der Waals surface area contributed by atoms with Crippen molar-refractivity contribution in [1.29, 1.82) is 0 Å². The zero-order chi connectivity index (χ0) is 26.1. The molecule has 0 bridgehead atoms. The van der Waals surface area contributed by atoms with E-state index in [1.54, 1.807) is 23.0 Å². The Morgan fingerprint density at radius 2 is 1.74 bits per heavy atom. The van der Waals surface area contributed by atoms with Gasteiger partial charge >= 0.3 is 5.97 Å². The Morgan fingerprint density at radius 3 is 2.47 bits per heavy atom. The van der Waals surface area contributed by atoms with Gasteiger partial charge in [-0.05, 0) is 54.8 Å². The summed E-state index contributed by atoms with van der Waals surface area (Å²) in [6.07, 6.45) is 7.18. The van der Waals surface area contributed by atoms with Gasteiger partial charge in [-0.25, -0.2) is 19.7 Å². The smallest absolute Gasteiger partial charge is 0.341 e. The number of benzene rings is 2. The number of aromatic nitrogens is 4. The topological polar surface area (TPSA) is 113 Å². The molecular formula is C28H24N6O3S. The van der Waals surface area contributed by atoms with Crippen LogP contribution in [-0.4, -0.2) is 43.7 Å². The first kappa shape index (κ1) is 23.8. The normalized spacial score (nSPS) is 13.2. The van der Waals surface area contributed by atoms with Gasteiger partial charge < -0.3 is 19.9 Å². The lowest BCUT2D eigenvalue weighted by Gasteiger charge is -2.19. The number of aromatic carboxylic acids is 1. The molecule has 2 N–H and O–H groups in total. The predicted molar refractivity (Wildman–Crippen MR) is 148 cm³/mol. The van der Waals surface area contributed by atoms with Gasteiger partial charge in [0.1, 0.15) is 11.4 Å². The van der Waals surface area contributed by atoms with E-state index >= 15 is 0 Å². The van der Waals surface area contributed by atoms with Crippen LogP contribution in [0.15, 0.2) is 78.0 Å². The van der Waals surface area contributed by atoms with Gasteiger partial charge in [0.25, 0.3) is 0 Å². The number of nitrogens with zero attached hydrogens (tertiary/aromatic N) is 5. The molecule has 1 aliphatic rings. The third kappa shape index (κ3) is 4.73. The van der Waals surface area contributed by atoms with Crippen molar-refractivity contribution in [3.05, 3.63) is 94.8 Å². The quantitative estimate of drug-likeness (QED) is 0.312. The molecule has 0 amide bonds. The monoisotopic (exact) mass is 524 g/mol. The van der Waals surface area contributed by atoms with Crippen molar-refractivity contribution in [3.63, 3.8) is 0 Å². The zero-order valence-electron chi connectivity index (χ0n) is 20.4. The Kier molecular flexibility index (Phi) is 6.30. The minimum absolute atomic E-state index is 0.281. The van der Waals surface area contributed by atoms with Crippen LogP contribution in [0.3, 0.4) is 0 Å². The molecule has 190 valence electrons. The fourth-order valence-corrected chi connectivity index (χ4v) is 5.56. The number of hydrogen-bond donors (Lipinski definition) is 2. The van der Waals surface area contributed by atoms with Crippen molar-refractivity contribution >= 4 is 38.3 Å². The molecule has 6 rings (SSSR count). The first-order valence-electron chi connectivity index (χ1n) is 12.3. The average molecular weight is 525 g/mol. The van der Waals surface area contributed by atoms with Crippen molar-refractivity contribution in [2.45, 2.75) is 19.4 Å². The molecule has 1 aliphatic heterocycles. The van der Waals surface area contributed by atoms with Crippen molar-refractivity contribution < 1.29 is 9.90 Å². The molecule has 0 spiro atoms. The Bertz CT molecular complexity index is 1680. The van der Waals surface area contributed by atoms with Crippen LogP contribution in [0.4, 0.5) is 10.8 Å². The Morgan fingerprint density at radius 1 is 1.00 bits per heavy atom. The lowest BCUT2D eigenvalue weighted by molar-refractivity contribution is 0.0695. The molecule has 3 aromatic heterocycles. The SMILES string of the molecule is O=C(O)c1cn(-c2ccc3nc(NCc4ncccn4)sc3c2)c(-c2ccc(N3CCCC3)cc2)cc1=O. The highest BCUT2D eigenvalue weighted by Gasteiger charge is 2.17. The molecule has 0 unspecified atom stereocenters. The summed E-state index contributed by atoms with van der Waals surface area (Å²) in [5.74, 6) is -0.588.